The first kappa shape index (κ1) is 11.6. The summed E-state index contributed by atoms with van der Waals surface area (Å²) in [4.78, 5) is 10.1. The second kappa shape index (κ2) is 3.56. The van der Waals surface area contributed by atoms with Gasteiger partial charge in [-0.05, 0) is 18.6 Å². The van der Waals surface area contributed by atoms with Crippen LogP contribution in [-0.2, 0) is 10.0 Å². The molecule has 7 heteroatoms. The summed E-state index contributed by atoms with van der Waals surface area (Å²) in [5, 5.41) is 11.4. The Morgan fingerprint density at radius 1 is 1.35 bits per heavy atom. The van der Waals surface area contributed by atoms with Gasteiger partial charge in [0, 0.05) is 23.7 Å². The second-order valence-corrected chi connectivity index (χ2v) is 5.69. The van der Waals surface area contributed by atoms with Crippen LogP contribution in [0.3, 0.4) is 0 Å². The molecule has 0 spiro atoms. The third kappa shape index (κ3) is 1.89. The van der Waals surface area contributed by atoms with Gasteiger partial charge in [-0.25, -0.2) is 12.4 Å². The molecular formula is C10H10N2O4S. The van der Waals surface area contributed by atoms with E-state index in [-0.39, 0.29) is 5.69 Å². The van der Waals surface area contributed by atoms with Gasteiger partial charge >= 0.3 is 0 Å². The van der Waals surface area contributed by atoms with Crippen molar-refractivity contribution in [2.45, 2.75) is 6.92 Å². The van der Waals surface area contributed by atoms with Gasteiger partial charge in [0.2, 0.25) is 10.0 Å². The molecule has 6 nitrogen and oxygen atoms in total. The number of rotatable bonds is 2. The minimum Gasteiger partial charge on any atom is -0.258 e. The Morgan fingerprint density at radius 2 is 2.00 bits per heavy atom. The Labute approximate surface area is 97.7 Å². The molecule has 0 saturated carbocycles. The Balaban J connectivity index is 2.87. The molecule has 1 heterocycles. The summed E-state index contributed by atoms with van der Waals surface area (Å²) in [6.07, 6.45) is 2.52. The van der Waals surface area contributed by atoms with E-state index in [9.17, 15) is 18.5 Å². The molecule has 1 aromatic carbocycles. The van der Waals surface area contributed by atoms with Gasteiger partial charge < -0.3 is 0 Å². The molecule has 90 valence electrons. The molecule has 0 fully saturated rings. The van der Waals surface area contributed by atoms with Crippen LogP contribution in [0.4, 0.5) is 5.69 Å². The number of nitro groups is 1. The Morgan fingerprint density at radius 3 is 2.53 bits per heavy atom. The lowest BCUT2D eigenvalue weighted by molar-refractivity contribution is -0.384. The summed E-state index contributed by atoms with van der Waals surface area (Å²) in [5.41, 5.74) is 0.972. The van der Waals surface area contributed by atoms with Gasteiger partial charge in [-0.2, -0.15) is 0 Å². The molecule has 2 rings (SSSR count). The quantitative estimate of drug-likeness (QED) is 0.602. The average Bonchev–Trinajstić information content (AvgIpc) is 2.55. The van der Waals surface area contributed by atoms with Crippen molar-refractivity contribution in [3.63, 3.8) is 0 Å². The van der Waals surface area contributed by atoms with Gasteiger partial charge in [-0.15, -0.1) is 0 Å². The van der Waals surface area contributed by atoms with Crippen molar-refractivity contribution in [3.05, 3.63) is 40.1 Å². The van der Waals surface area contributed by atoms with Crippen molar-refractivity contribution in [2.75, 3.05) is 6.26 Å². The molecule has 0 radical (unpaired) electrons. The molecule has 17 heavy (non-hydrogen) atoms. The molecular weight excluding hydrogens is 244 g/mol. The van der Waals surface area contributed by atoms with Crippen molar-refractivity contribution >= 4 is 26.6 Å². The highest BCUT2D eigenvalue weighted by Gasteiger charge is 2.15. The third-order valence-electron chi connectivity index (χ3n) is 2.52. The van der Waals surface area contributed by atoms with Crippen LogP contribution in [0, 0.1) is 17.0 Å². The molecule has 0 bridgehead atoms. The Kier molecular flexibility index (Phi) is 2.43. The normalized spacial score (nSPS) is 11.9. The summed E-state index contributed by atoms with van der Waals surface area (Å²) in [6, 6.07) is 4.19. The molecule has 0 aliphatic heterocycles. The smallest absolute Gasteiger partial charge is 0.258 e. The first-order valence-electron chi connectivity index (χ1n) is 4.77. The van der Waals surface area contributed by atoms with Gasteiger partial charge in [-0.1, -0.05) is 0 Å². The number of hydrogen-bond donors (Lipinski definition) is 0. The van der Waals surface area contributed by atoms with E-state index in [4.69, 9.17) is 0 Å². The molecule has 0 N–H and O–H groups in total. The highest BCUT2D eigenvalue weighted by Crippen LogP contribution is 2.26. The highest BCUT2D eigenvalue weighted by molar-refractivity contribution is 7.89. The number of hydrogen-bond acceptors (Lipinski definition) is 4. The zero-order valence-electron chi connectivity index (χ0n) is 9.25. The van der Waals surface area contributed by atoms with Crippen LogP contribution in [0.2, 0.25) is 0 Å². The lowest BCUT2D eigenvalue weighted by Gasteiger charge is -2.01. The van der Waals surface area contributed by atoms with Crippen LogP contribution in [0.1, 0.15) is 5.56 Å². The predicted octanol–water partition coefficient (Wildman–Crippen LogP) is 1.67. The molecule has 1 aromatic heterocycles. The van der Waals surface area contributed by atoms with Gasteiger partial charge in [0.05, 0.1) is 16.7 Å². The number of aromatic nitrogens is 1. The van der Waals surface area contributed by atoms with Crippen LogP contribution in [-0.4, -0.2) is 23.6 Å². The van der Waals surface area contributed by atoms with Gasteiger partial charge in [-0.3, -0.25) is 10.1 Å². The fourth-order valence-electron chi connectivity index (χ4n) is 1.74. The molecule has 0 atom stereocenters. The first-order valence-corrected chi connectivity index (χ1v) is 6.62. The van der Waals surface area contributed by atoms with E-state index in [2.05, 4.69) is 0 Å². The maximum absolute atomic E-state index is 11.5. The highest BCUT2D eigenvalue weighted by atomic mass is 32.2. The standard InChI is InChI=1S/C10H10N2O4S/c1-7-6-11(17(2,15)16)10-5-8(12(13)14)3-4-9(7)10/h3-6H,1-2H3. The van der Waals surface area contributed by atoms with Gasteiger partial charge in [0.15, 0.2) is 0 Å². The summed E-state index contributed by atoms with van der Waals surface area (Å²) in [5.74, 6) is 0. The number of benzene rings is 1. The molecule has 0 aliphatic carbocycles. The lowest BCUT2D eigenvalue weighted by atomic mass is 10.2. The molecule has 0 unspecified atom stereocenters. The van der Waals surface area contributed by atoms with E-state index < -0.39 is 14.9 Å². The third-order valence-corrected chi connectivity index (χ3v) is 3.54. The molecule has 0 saturated heterocycles. The summed E-state index contributed by atoms with van der Waals surface area (Å²) >= 11 is 0. The van der Waals surface area contributed by atoms with Crippen LogP contribution in [0.5, 0.6) is 0 Å². The fourth-order valence-corrected chi connectivity index (χ4v) is 2.60. The van der Waals surface area contributed by atoms with E-state index in [1.165, 1.54) is 18.3 Å². The number of aryl methyl sites for hydroxylation is 1. The van der Waals surface area contributed by atoms with E-state index in [0.29, 0.717) is 10.9 Å². The SMILES string of the molecule is Cc1cn(S(C)(=O)=O)c2cc([N+](=O)[O-])ccc12. The predicted molar refractivity (Wildman–Crippen MR) is 63.6 cm³/mol. The summed E-state index contributed by atoms with van der Waals surface area (Å²) in [7, 11) is -3.46. The molecule has 0 aliphatic rings. The minimum absolute atomic E-state index is 0.125. The van der Waals surface area contributed by atoms with Crippen molar-refractivity contribution < 1.29 is 13.3 Å². The zero-order valence-corrected chi connectivity index (χ0v) is 10.1. The van der Waals surface area contributed by atoms with Crippen molar-refractivity contribution in [3.8, 4) is 0 Å². The maximum atomic E-state index is 11.5. The Bertz CT molecular complexity index is 715. The largest absolute Gasteiger partial charge is 0.271 e. The monoisotopic (exact) mass is 254 g/mol. The topological polar surface area (TPSA) is 82.2 Å². The molecule has 0 amide bonds. The van der Waals surface area contributed by atoms with E-state index in [0.717, 1.165) is 15.8 Å². The molecule has 2 aromatic rings. The fraction of sp³-hybridized carbons (Fsp3) is 0.200. The summed E-state index contributed by atoms with van der Waals surface area (Å²) < 4.78 is 24.1. The van der Waals surface area contributed by atoms with Crippen molar-refractivity contribution in [2.24, 2.45) is 0 Å². The van der Waals surface area contributed by atoms with Gasteiger partial charge in [0.1, 0.15) is 0 Å². The van der Waals surface area contributed by atoms with Crippen LogP contribution < -0.4 is 0 Å². The van der Waals surface area contributed by atoms with Crippen molar-refractivity contribution in [1.82, 2.24) is 3.97 Å². The van der Waals surface area contributed by atoms with Crippen LogP contribution in [0.25, 0.3) is 10.9 Å². The Hall–Kier alpha value is -1.89. The van der Waals surface area contributed by atoms with E-state index in [1.807, 2.05) is 0 Å². The number of fused-ring (bicyclic) bond motifs is 1. The zero-order chi connectivity index (χ0) is 12.8. The van der Waals surface area contributed by atoms with E-state index in [1.54, 1.807) is 13.0 Å². The maximum Gasteiger partial charge on any atom is 0.271 e. The van der Waals surface area contributed by atoms with E-state index >= 15 is 0 Å². The van der Waals surface area contributed by atoms with Crippen LogP contribution in [0.15, 0.2) is 24.4 Å². The minimum atomic E-state index is -3.46. The second-order valence-electron chi connectivity index (χ2n) is 3.83. The van der Waals surface area contributed by atoms with Crippen molar-refractivity contribution in [1.29, 1.82) is 0 Å². The summed E-state index contributed by atoms with van der Waals surface area (Å²) in [6.45, 7) is 1.76. The first-order chi connectivity index (χ1) is 7.80. The van der Waals surface area contributed by atoms with Crippen LogP contribution >= 0.6 is 0 Å². The number of non-ortho nitro benzene ring substituents is 1. The lowest BCUT2D eigenvalue weighted by Crippen LogP contribution is -2.08. The number of nitrogens with zero attached hydrogens (tertiary/aromatic N) is 2. The average molecular weight is 254 g/mol. The van der Waals surface area contributed by atoms with Gasteiger partial charge in [0.25, 0.3) is 5.69 Å². The number of nitro benzene ring substituents is 1.